The molecule has 1 aliphatic heterocycles. The number of hydrogen-bond acceptors (Lipinski definition) is 8. The van der Waals surface area contributed by atoms with Gasteiger partial charge in [0, 0.05) is 12.3 Å². The first-order chi connectivity index (χ1) is 15.9. The third-order valence-electron chi connectivity index (χ3n) is 5.08. The van der Waals surface area contributed by atoms with Crippen molar-refractivity contribution in [2.45, 2.75) is 24.5 Å². The number of H-pyrrole nitrogens is 1. The van der Waals surface area contributed by atoms with Crippen LogP contribution in [0.3, 0.4) is 0 Å². The molecule has 170 valence electrons. The minimum absolute atomic E-state index is 0.245. The number of ether oxygens (including phenoxy) is 3. The number of hydrogen-bond donors (Lipinski definition) is 2. The number of aliphatic hydroxyl groups excluding tert-OH is 1. The van der Waals surface area contributed by atoms with Crippen LogP contribution < -0.4 is 11.2 Å². The summed E-state index contributed by atoms with van der Waals surface area (Å²) in [4.78, 5) is 50.6. The van der Waals surface area contributed by atoms with Gasteiger partial charge in [0.2, 0.25) is 0 Å². The first-order valence-electron chi connectivity index (χ1n) is 10.1. The molecule has 4 rings (SSSR count). The van der Waals surface area contributed by atoms with Crippen LogP contribution in [0.5, 0.6) is 0 Å². The number of carbonyl (C=O) groups is 2. The number of esters is 2. The normalized spacial score (nSPS) is 22.0. The highest BCUT2D eigenvalue weighted by Gasteiger charge is 2.48. The highest BCUT2D eigenvalue weighted by atomic mass is 16.6. The number of nitrogens with one attached hydrogen (secondary N) is 1. The molecular weight excluding hydrogens is 432 g/mol. The fourth-order valence-electron chi connectivity index (χ4n) is 3.44. The lowest BCUT2D eigenvalue weighted by atomic mass is 10.1. The molecule has 0 unspecified atom stereocenters. The second-order valence-corrected chi connectivity index (χ2v) is 7.27. The molecule has 10 nitrogen and oxygen atoms in total. The van der Waals surface area contributed by atoms with Crippen LogP contribution in [0, 0.1) is 0 Å². The summed E-state index contributed by atoms with van der Waals surface area (Å²) in [6.45, 7) is -0.355. The van der Waals surface area contributed by atoms with E-state index in [4.69, 9.17) is 14.2 Å². The molecule has 2 aromatic carbocycles. The second kappa shape index (κ2) is 9.63. The molecule has 1 saturated heterocycles. The molecule has 1 fully saturated rings. The summed E-state index contributed by atoms with van der Waals surface area (Å²) in [6, 6.07) is 17.5. The molecule has 0 bridgehead atoms. The van der Waals surface area contributed by atoms with Gasteiger partial charge in [-0.15, -0.1) is 0 Å². The Morgan fingerprint density at radius 3 is 2.15 bits per heavy atom. The summed E-state index contributed by atoms with van der Waals surface area (Å²) in [5, 5.41) is 10.8. The monoisotopic (exact) mass is 452 g/mol. The number of aromatic nitrogens is 2. The predicted octanol–water partition coefficient (Wildman–Crippen LogP) is 0.878. The SMILES string of the molecule is O=C(OC[C@@H]1O[C@@H](n2ccc(=O)[nH]c2=O)[C@H](O)[C@@H]1OC(=O)c1ccccc1)c1ccccc1. The summed E-state index contributed by atoms with van der Waals surface area (Å²) >= 11 is 0. The van der Waals surface area contributed by atoms with Gasteiger partial charge in [-0.05, 0) is 24.3 Å². The molecule has 1 aliphatic rings. The van der Waals surface area contributed by atoms with Crippen LogP contribution >= 0.6 is 0 Å². The highest BCUT2D eigenvalue weighted by Crippen LogP contribution is 2.31. The van der Waals surface area contributed by atoms with E-state index in [0.717, 1.165) is 16.8 Å². The number of benzene rings is 2. The molecular formula is C23H20N2O8. The van der Waals surface area contributed by atoms with Crippen LogP contribution in [0.1, 0.15) is 26.9 Å². The van der Waals surface area contributed by atoms with Crippen LogP contribution in [0.4, 0.5) is 0 Å². The Hall–Kier alpha value is -4.02. The van der Waals surface area contributed by atoms with E-state index >= 15 is 0 Å². The zero-order chi connectivity index (χ0) is 23.4. The Morgan fingerprint density at radius 2 is 1.55 bits per heavy atom. The minimum Gasteiger partial charge on any atom is -0.459 e. The molecule has 0 saturated carbocycles. The van der Waals surface area contributed by atoms with E-state index in [0.29, 0.717) is 5.56 Å². The van der Waals surface area contributed by atoms with Crippen molar-refractivity contribution < 1.29 is 28.9 Å². The smallest absolute Gasteiger partial charge is 0.338 e. The molecule has 0 radical (unpaired) electrons. The first kappa shape index (κ1) is 22.2. The van der Waals surface area contributed by atoms with Crippen LogP contribution in [-0.2, 0) is 14.2 Å². The first-order valence-corrected chi connectivity index (χ1v) is 10.1. The lowest BCUT2D eigenvalue weighted by Gasteiger charge is -2.20. The molecule has 2 heterocycles. The van der Waals surface area contributed by atoms with Gasteiger partial charge < -0.3 is 19.3 Å². The van der Waals surface area contributed by atoms with Crippen molar-refractivity contribution in [1.29, 1.82) is 0 Å². The quantitative estimate of drug-likeness (QED) is 0.526. The Morgan fingerprint density at radius 1 is 0.939 bits per heavy atom. The van der Waals surface area contributed by atoms with E-state index in [9.17, 15) is 24.3 Å². The van der Waals surface area contributed by atoms with Crippen molar-refractivity contribution >= 4 is 11.9 Å². The molecule has 0 amide bonds. The minimum atomic E-state index is -1.48. The number of rotatable bonds is 6. The third kappa shape index (κ3) is 4.92. The van der Waals surface area contributed by atoms with E-state index < -0.39 is 47.7 Å². The largest absolute Gasteiger partial charge is 0.459 e. The van der Waals surface area contributed by atoms with Gasteiger partial charge in [0.1, 0.15) is 18.8 Å². The molecule has 0 spiro atoms. The van der Waals surface area contributed by atoms with Crippen LogP contribution in [0.15, 0.2) is 82.5 Å². The van der Waals surface area contributed by atoms with Crippen molar-refractivity contribution in [3.05, 3.63) is 105 Å². The molecule has 3 aromatic rings. The number of nitrogens with zero attached hydrogens (tertiary/aromatic N) is 1. The number of aliphatic hydroxyl groups is 1. The predicted molar refractivity (Wildman–Crippen MR) is 114 cm³/mol. The van der Waals surface area contributed by atoms with Crippen LogP contribution in [0.2, 0.25) is 0 Å². The van der Waals surface area contributed by atoms with Crippen molar-refractivity contribution in [3.63, 3.8) is 0 Å². The average molecular weight is 452 g/mol. The Balaban J connectivity index is 1.56. The van der Waals surface area contributed by atoms with Crippen molar-refractivity contribution in [3.8, 4) is 0 Å². The second-order valence-electron chi connectivity index (χ2n) is 7.27. The Kier molecular flexibility index (Phi) is 6.48. The van der Waals surface area contributed by atoms with E-state index in [-0.39, 0.29) is 12.2 Å². The highest BCUT2D eigenvalue weighted by molar-refractivity contribution is 5.90. The average Bonchev–Trinajstić information content (AvgIpc) is 3.13. The van der Waals surface area contributed by atoms with Crippen molar-refractivity contribution in [1.82, 2.24) is 9.55 Å². The van der Waals surface area contributed by atoms with Crippen molar-refractivity contribution in [2.24, 2.45) is 0 Å². The summed E-state index contributed by atoms with van der Waals surface area (Å²) < 4.78 is 17.5. The van der Waals surface area contributed by atoms with Gasteiger partial charge in [0.05, 0.1) is 11.1 Å². The molecule has 1 aromatic heterocycles. The lowest BCUT2D eigenvalue weighted by Crippen LogP contribution is -2.40. The summed E-state index contributed by atoms with van der Waals surface area (Å²) in [6.07, 6.45) is -3.96. The van der Waals surface area contributed by atoms with Gasteiger partial charge in [0.15, 0.2) is 12.3 Å². The Bertz CT molecular complexity index is 1240. The molecule has 10 heteroatoms. The number of carbonyl (C=O) groups excluding carboxylic acids is 2. The van der Waals surface area contributed by atoms with E-state index in [1.165, 1.54) is 0 Å². The van der Waals surface area contributed by atoms with E-state index in [1.54, 1.807) is 60.7 Å². The number of aromatic amines is 1. The van der Waals surface area contributed by atoms with Crippen molar-refractivity contribution in [2.75, 3.05) is 6.61 Å². The summed E-state index contributed by atoms with van der Waals surface area (Å²) in [5.41, 5.74) is -0.887. The fraction of sp³-hybridized carbons (Fsp3) is 0.217. The zero-order valence-corrected chi connectivity index (χ0v) is 17.2. The third-order valence-corrected chi connectivity index (χ3v) is 5.08. The van der Waals surface area contributed by atoms with Crippen LogP contribution in [-0.4, -0.2) is 51.5 Å². The van der Waals surface area contributed by atoms with Crippen LogP contribution in [0.25, 0.3) is 0 Å². The standard InChI is InChI=1S/C23H20N2O8/c26-17-11-12-25(23(30)24-17)20-18(27)19(33-22(29)15-9-5-2-6-10-15)16(32-20)13-31-21(28)14-7-3-1-4-8-14/h1-12,16,18-20,27H,13H2,(H,24,26,30)/t16-,18+,19+,20+/m0/s1. The summed E-state index contributed by atoms with van der Waals surface area (Å²) in [7, 11) is 0. The van der Waals surface area contributed by atoms with E-state index in [1.807, 2.05) is 0 Å². The topological polar surface area (TPSA) is 137 Å². The molecule has 33 heavy (non-hydrogen) atoms. The molecule has 2 N–H and O–H groups in total. The zero-order valence-electron chi connectivity index (χ0n) is 17.2. The van der Waals surface area contributed by atoms with E-state index in [2.05, 4.69) is 4.98 Å². The fourth-order valence-corrected chi connectivity index (χ4v) is 3.44. The van der Waals surface area contributed by atoms with Gasteiger partial charge in [-0.25, -0.2) is 14.4 Å². The summed E-state index contributed by atoms with van der Waals surface area (Å²) in [5.74, 6) is -1.36. The van der Waals surface area contributed by atoms with Gasteiger partial charge in [0.25, 0.3) is 5.56 Å². The van der Waals surface area contributed by atoms with Gasteiger partial charge in [-0.2, -0.15) is 0 Å². The maximum atomic E-state index is 12.6. The Labute approximate surface area is 187 Å². The molecule has 0 aliphatic carbocycles. The van der Waals surface area contributed by atoms with Gasteiger partial charge >= 0.3 is 17.6 Å². The lowest BCUT2D eigenvalue weighted by molar-refractivity contribution is -0.0614. The molecule has 4 atom stereocenters. The van der Waals surface area contributed by atoms with Gasteiger partial charge in [-0.3, -0.25) is 14.3 Å². The van der Waals surface area contributed by atoms with Gasteiger partial charge in [-0.1, -0.05) is 36.4 Å². The maximum absolute atomic E-state index is 12.6. The maximum Gasteiger partial charge on any atom is 0.338 e.